The molecule has 4 rings (SSSR count). The fourth-order valence-corrected chi connectivity index (χ4v) is 5.69. The van der Waals surface area contributed by atoms with Crippen molar-refractivity contribution in [3.05, 3.63) is 119 Å². The van der Waals surface area contributed by atoms with Crippen molar-refractivity contribution in [3.8, 4) is 0 Å². The van der Waals surface area contributed by atoms with Crippen molar-refractivity contribution in [1.82, 2.24) is 0 Å². The molecule has 10 heteroatoms. The number of carboxylic acids is 2. The average Bonchev–Trinajstić information content (AvgIpc) is 2.92. The average molecular weight is 545 g/mol. The van der Waals surface area contributed by atoms with Gasteiger partial charge in [0.25, 0.3) is 11.8 Å². The SMILES string of the molecule is O=C(O)c1ccc(NC(=O)c2ccccc2SSc2ccccc2C(=O)Nc2ccc(C(=O)O)cc2)cc1. The van der Waals surface area contributed by atoms with Crippen LogP contribution in [0.4, 0.5) is 11.4 Å². The number of hydrogen-bond donors (Lipinski definition) is 4. The molecule has 0 bridgehead atoms. The molecule has 4 N–H and O–H groups in total. The molecule has 0 saturated carbocycles. The van der Waals surface area contributed by atoms with Crippen LogP contribution < -0.4 is 10.6 Å². The van der Waals surface area contributed by atoms with E-state index in [0.717, 1.165) is 0 Å². The van der Waals surface area contributed by atoms with Crippen LogP contribution in [0, 0.1) is 0 Å². The van der Waals surface area contributed by atoms with E-state index in [2.05, 4.69) is 10.6 Å². The normalized spacial score (nSPS) is 10.4. The second-order valence-corrected chi connectivity index (χ2v) is 10.0. The highest BCUT2D eigenvalue weighted by atomic mass is 33.1. The van der Waals surface area contributed by atoms with Crippen LogP contribution in [0.25, 0.3) is 0 Å². The minimum atomic E-state index is -1.05. The van der Waals surface area contributed by atoms with Gasteiger partial charge in [0.1, 0.15) is 0 Å². The number of rotatable bonds is 9. The molecule has 4 aromatic carbocycles. The molecular formula is C28H20N2O6S2. The highest BCUT2D eigenvalue weighted by molar-refractivity contribution is 8.76. The van der Waals surface area contributed by atoms with Crippen molar-refractivity contribution >= 4 is 56.7 Å². The third kappa shape index (κ3) is 6.61. The van der Waals surface area contributed by atoms with Crippen LogP contribution in [0.2, 0.25) is 0 Å². The van der Waals surface area contributed by atoms with Crippen LogP contribution in [0.1, 0.15) is 41.4 Å². The zero-order chi connectivity index (χ0) is 27.1. The molecule has 0 spiro atoms. The lowest BCUT2D eigenvalue weighted by molar-refractivity contribution is 0.0686. The van der Waals surface area contributed by atoms with Crippen LogP contribution in [-0.4, -0.2) is 34.0 Å². The lowest BCUT2D eigenvalue weighted by atomic mass is 10.2. The number of carbonyl (C=O) groups is 4. The summed E-state index contributed by atoms with van der Waals surface area (Å²) in [5.74, 6) is -2.81. The number of nitrogens with one attached hydrogen (secondary N) is 2. The van der Waals surface area contributed by atoms with E-state index in [0.29, 0.717) is 32.3 Å². The van der Waals surface area contributed by atoms with Gasteiger partial charge in [0.05, 0.1) is 22.3 Å². The molecule has 38 heavy (non-hydrogen) atoms. The molecular weight excluding hydrogens is 524 g/mol. The van der Waals surface area contributed by atoms with Crippen molar-refractivity contribution in [2.24, 2.45) is 0 Å². The minimum Gasteiger partial charge on any atom is -0.478 e. The highest BCUT2D eigenvalue weighted by Gasteiger charge is 2.16. The Bertz CT molecular complexity index is 1390. The quantitative estimate of drug-likeness (QED) is 0.178. The van der Waals surface area contributed by atoms with E-state index >= 15 is 0 Å². The molecule has 2 amide bonds. The fourth-order valence-electron chi connectivity index (χ4n) is 3.33. The molecule has 0 fully saturated rings. The third-order valence-corrected chi connectivity index (χ3v) is 7.75. The number of hydrogen-bond acceptors (Lipinski definition) is 6. The van der Waals surface area contributed by atoms with E-state index < -0.39 is 11.9 Å². The molecule has 0 aliphatic rings. The summed E-state index contributed by atoms with van der Waals surface area (Å²) in [6.45, 7) is 0. The summed E-state index contributed by atoms with van der Waals surface area (Å²) in [5, 5.41) is 23.6. The number of carboxylic acid groups (broad SMARTS) is 2. The molecule has 4 aromatic rings. The summed E-state index contributed by atoms with van der Waals surface area (Å²) in [7, 11) is 2.64. The Hall–Kier alpha value is -4.54. The molecule has 0 heterocycles. The maximum absolute atomic E-state index is 13.0. The summed E-state index contributed by atoms with van der Waals surface area (Å²) in [6.07, 6.45) is 0. The van der Waals surface area contributed by atoms with Crippen molar-refractivity contribution in [3.63, 3.8) is 0 Å². The number of anilines is 2. The van der Waals surface area contributed by atoms with Gasteiger partial charge in [-0.15, -0.1) is 0 Å². The van der Waals surface area contributed by atoms with Crippen LogP contribution in [0.15, 0.2) is 107 Å². The van der Waals surface area contributed by atoms with Crippen molar-refractivity contribution in [2.75, 3.05) is 10.6 Å². The zero-order valence-electron chi connectivity index (χ0n) is 19.6. The predicted molar refractivity (Wildman–Crippen MR) is 147 cm³/mol. The van der Waals surface area contributed by atoms with E-state index in [9.17, 15) is 19.2 Å². The summed E-state index contributed by atoms with van der Waals surface area (Å²) in [4.78, 5) is 49.4. The molecule has 0 atom stereocenters. The van der Waals surface area contributed by atoms with E-state index in [1.165, 1.54) is 70.1 Å². The molecule has 0 radical (unpaired) electrons. The van der Waals surface area contributed by atoms with Gasteiger partial charge in [-0.25, -0.2) is 9.59 Å². The topological polar surface area (TPSA) is 133 Å². The first-order valence-electron chi connectivity index (χ1n) is 11.1. The van der Waals surface area contributed by atoms with Gasteiger partial charge in [0.15, 0.2) is 0 Å². The van der Waals surface area contributed by atoms with Gasteiger partial charge in [-0.05, 0) is 72.8 Å². The fraction of sp³-hybridized carbons (Fsp3) is 0. The van der Waals surface area contributed by atoms with Crippen LogP contribution in [0.5, 0.6) is 0 Å². The van der Waals surface area contributed by atoms with Crippen molar-refractivity contribution in [2.45, 2.75) is 9.79 Å². The van der Waals surface area contributed by atoms with Crippen molar-refractivity contribution in [1.29, 1.82) is 0 Å². The van der Waals surface area contributed by atoms with Crippen LogP contribution in [0.3, 0.4) is 0 Å². The van der Waals surface area contributed by atoms with Gasteiger partial charge in [-0.1, -0.05) is 45.9 Å². The Labute approximate surface area is 225 Å². The number of aromatic carboxylic acids is 2. The predicted octanol–water partition coefficient (Wildman–Crippen LogP) is 6.39. The van der Waals surface area contributed by atoms with E-state index in [1.807, 2.05) is 0 Å². The van der Waals surface area contributed by atoms with Crippen molar-refractivity contribution < 1.29 is 29.4 Å². The maximum Gasteiger partial charge on any atom is 0.335 e. The first-order valence-corrected chi connectivity index (χ1v) is 13.3. The molecule has 0 aliphatic carbocycles. The summed E-state index contributed by atoms with van der Waals surface area (Å²) in [6, 6.07) is 25.8. The van der Waals surface area contributed by atoms with E-state index in [4.69, 9.17) is 10.2 Å². The molecule has 0 saturated heterocycles. The van der Waals surface area contributed by atoms with Gasteiger partial charge < -0.3 is 20.8 Å². The monoisotopic (exact) mass is 544 g/mol. The Morgan fingerprint density at radius 3 is 1.18 bits per heavy atom. The van der Waals surface area contributed by atoms with Gasteiger partial charge in [-0.3, -0.25) is 9.59 Å². The Morgan fingerprint density at radius 2 is 0.842 bits per heavy atom. The minimum absolute atomic E-state index is 0.121. The first kappa shape index (κ1) is 26.5. The smallest absolute Gasteiger partial charge is 0.335 e. The highest BCUT2D eigenvalue weighted by Crippen LogP contribution is 2.40. The number of benzene rings is 4. The molecule has 0 aromatic heterocycles. The molecule has 0 aliphatic heterocycles. The second kappa shape index (κ2) is 12.1. The van der Waals surface area contributed by atoms with Gasteiger partial charge in [0, 0.05) is 21.2 Å². The van der Waals surface area contributed by atoms with E-state index in [1.54, 1.807) is 48.5 Å². The molecule has 8 nitrogen and oxygen atoms in total. The maximum atomic E-state index is 13.0. The standard InChI is InChI=1S/C28H20N2O6S2/c31-25(29-19-13-9-17(10-14-19)27(33)34)21-5-1-3-7-23(21)37-38-24-8-4-2-6-22(24)26(32)30-20-15-11-18(12-16-20)28(35)36/h1-16H,(H,29,31)(H,30,32)(H,33,34)(H,35,36). The summed E-state index contributed by atoms with van der Waals surface area (Å²) < 4.78 is 0. The Kier molecular flexibility index (Phi) is 8.47. The summed E-state index contributed by atoms with van der Waals surface area (Å²) in [5.41, 5.74) is 2.02. The van der Waals surface area contributed by atoms with Gasteiger partial charge in [-0.2, -0.15) is 0 Å². The zero-order valence-corrected chi connectivity index (χ0v) is 21.2. The van der Waals surface area contributed by atoms with Crippen LogP contribution in [-0.2, 0) is 0 Å². The summed E-state index contributed by atoms with van der Waals surface area (Å²) >= 11 is 0. The number of carbonyl (C=O) groups excluding carboxylic acids is 2. The molecule has 0 unspecified atom stereocenters. The van der Waals surface area contributed by atoms with Gasteiger partial charge >= 0.3 is 11.9 Å². The Balaban J connectivity index is 1.46. The Morgan fingerprint density at radius 1 is 0.500 bits per heavy atom. The van der Waals surface area contributed by atoms with E-state index in [-0.39, 0.29) is 22.9 Å². The lowest BCUT2D eigenvalue weighted by Gasteiger charge is -2.12. The number of amides is 2. The second-order valence-electron chi connectivity index (χ2n) is 7.83. The largest absolute Gasteiger partial charge is 0.478 e. The lowest BCUT2D eigenvalue weighted by Crippen LogP contribution is -2.13. The molecule has 190 valence electrons. The van der Waals surface area contributed by atoms with Gasteiger partial charge in [0.2, 0.25) is 0 Å². The van der Waals surface area contributed by atoms with Crippen LogP contribution >= 0.6 is 21.6 Å². The third-order valence-electron chi connectivity index (χ3n) is 5.26. The first-order chi connectivity index (χ1) is 18.3.